The molecule has 2 aliphatic rings. The van der Waals surface area contributed by atoms with Gasteiger partial charge in [0.1, 0.15) is 0 Å². The van der Waals surface area contributed by atoms with Crippen LogP contribution in [0.25, 0.3) is 0 Å². The predicted octanol–water partition coefficient (Wildman–Crippen LogP) is 4.39. The van der Waals surface area contributed by atoms with Crippen LogP contribution in [-0.2, 0) is 12.8 Å². The molecule has 2 aromatic heterocycles. The van der Waals surface area contributed by atoms with Crippen LogP contribution in [-0.4, -0.2) is 22.3 Å². The van der Waals surface area contributed by atoms with Crippen molar-refractivity contribution >= 4 is 17.2 Å². The van der Waals surface area contributed by atoms with Gasteiger partial charge in [-0.15, -0.1) is 11.3 Å². The summed E-state index contributed by atoms with van der Waals surface area (Å²) >= 11 is 1.65. The highest BCUT2D eigenvalue weighted by Gasteiger charge is 2.32. The van der Waals surface area contributed by atoms with Gasteiger partial charge in [0.15, 0.2) is 0 Å². The van der Waals surface area contributed by atoms with Crippen LogP contribution in [0.2, 0.25) is 0 Å². The Morgan fingerprint density at radius 3 is 2.96 bits per heavy atom. The van der Waals surface area contributed by atoms with E-state index in [2.05, 4.69) is 21.3 Å². The lowest BCUT2D eigenvalue weighted by molar-refractivity contribution is 0.0610. The zero-order valence-electron chi connectivity index (χ0n) is 13.3. The van der Waals surface area contributed by atoms with Crippen molar-refractivity contribution in [1.82, 2.24) is 9.88 Å². The SMILES string of the molecule is O=C(c1scc2c1CCCC2)N1CCCC[C@@H]1c1ccccn1. The lowest BCUT2D eigenvalue weighted by atomic mass is 9.93. The van der Waals surface area contributed by atoms with Gasteiger partial charge in [-0.05, 0) is 73.6 Å². The summed E-state index contributed by atoms with van der Waals surface area (Å²) in [4.78, 5) is 20.8. The number of hydrogen-bond donors (Lipinski definition) is 0. The van der Waals surface area contributed by atoms with E-state index in [1.165, 1.54) is 30.4 Å². The van der Waals surface area contributed by atoms with E-state index in [1.807, 2.05) is 18.3 Å². The van der Waals surface area contributed by atoms with Gasteiger partial charge in [0.25, 0.3) is 5.91 Å². The van der Waals surface area contributed by atoms with Crippen LogP contribution in [0.1, 0.15) is 64.6 Å². The van der Waals surface area contributed by atoms with E-state index in [0.717, 1.165) is 42.8 Å². The Labute approximate surface area is 141 Å². The molecule has 0 aromatic carbocycles. The lowest BCUT2D eigenvalue weighted by Gasteiger charge is -2.35. The number of hydrogen-bond acceptors (Lipinski definition) is 3. The van der Waals surface area contributed by atoms with Crippen LogP contribution in [0.3, 0.4) is 0 Å². The van der Waals surface area contributed by atoms with Crippen LogP contribution < -0.4 is 0 Å². The maximum atomic E-state index is 13.2. The number of piperidine rings is 1. The van der Waals surface area contributed by atoms with E-state index in [0.29, 0.717) is 0 Å². The number of carbonyl (C=O) groups excluding carboxylic acids is 1. The van der Waals surface area contributed by atoms with E-state index in [4.69, 9.17) is 0 Å². The largest absolute Gasteiger partial charge is 0.329 e. The second-order valence-electron chi connectivity index (χ2n) is 6.54. The van der Waals surface area contributed by atoms with Crippen LogP contribution in [0.5, 0.6) is 0 Å². The van der Waals surface area contributed by atoms with Crippen molar-refractivity contribution in [2.24, 2.45) is 0 Å². The average molecular weight is 326 g/mol. The van der Waals surface area contributed by atoms with E-state index in [1.54, 1.807) is 11.3 Å². The van der Waals surface area contributed by atoms with E-state index in [-0.39, 0.29) is 11.9 Å². The highest BCUT2D eigenvalue weighted by Crippen LogP contribution is 2.35. The minimum atomic E-state index is 0.138. The first-order valence-corrected chi connectivity index (χ1v) is 9.53. The maximum Gasteiger partial charge on any atom is 0.264 e. The van der Waals surface area contributed by atoms with Crippen LogP contribution >= 0.6 is 11.3 Å². The van der Waals surface area contributed by atoms with Crippen molar-refractivity contribution in [2.75, 3.05) is 6.54 Å². The molecule has 0 N–H and O–H groups in total. The smallest absolute Gasteiger partial charge is 0.264 e. The Hall–Kier alpha value is -1.68. The molecule has 1 atom stereocenters. The van der Waals surface area contributed by atoms with Crippen molar-refractivity contribution in [3.63, 3.8) is 0 Å². The van der Waals surface area contributed by atoms with Gasteiger partial charge in [-0.25, -0.2) is 0 Å². The number of thiophene rings is 1. The molecule has 0 unspecified atom stereocenters. The van der Waals surface area contributed by atoms with Gasteiger partial charge >= 0.3 is 0 Å². The first kappa shape index (κ1) is 14.9. The minimum absolute atomic E-state index is 0.138. The summed E-state index contributed by atoms with van der Waals surface area (Å²) in [6, 6.07) is 6.15. The molecule has 120 valence electrons. The first-order chi connectivity index (χ1) is 11.3. The topological polar surface area (TPSA) is 33.2 Å². The lowest BCUT2D eigenvalue weighted by Crippen LogP contribution is -2.39. The summed E-state index contributed by atoms with van der Waals surface area (Å²) < 4.78 is 0. The number of carbonyl (C=O) groups is 1. The number of pyridine rings is 1. The van der Waals surface area contributed by atoms with E-state index in [9.17, 15) is 4.79 Å². The predicted molar refractivity (Wildman–Crippen MR) is 92.8 cm³/mol. The maximum absolute atomic E-state index is 13.2. The molecule has 1 aliphatic carbocycles. The third-order valence-corrected chi connectivity index (χ3v) is 6.15. The van der Waals surface area contributed by atoms with E-state index >= 15 is 0 Å². The molecule has 1 amide bonds. The Bertz CT molecular complexity index is 695. The van der Waals surface area contributed by atoms with Crippen molar-refractivity contribution in [3.8, 4) is 0 Å². The fraction of sp³-hybridized carbons (Fsp3) is 0.474. The Kier molecular flexibility index (Phi) is 4.17. The normalized spacial score (nSPS) is 21.0. The molecule has 0 spiro atoms. The van der Waals surface area contributed by atoms with Crippen molar-refractivity contribution < 1.29 is 4.79 Å². The molecule has 0 bridgehead atoms. The second kappa shape index (κ2) is 6.44. The van der Waals surface area contributed by atoms with Gasteiger partial charge in [-0.2, -0.15) is 0 Å². The fourth-order valence-corrected chi connectivity index (χ4v) is 5.00. The number of nitrogens with zero attached hydrogens (tertiary/aromatic N) is 2. The van der Waals surface area contributed by atoms with Crippen molar-refractivity contribution in [3.05, 3.63) is 51.5 Å². The number of aryl methyl sites for hydroxylation is 1. The molecular formula is C19H22N2OS. The standard InChI is InChI=1S/C19H22N2OS/c22-19(18-15-8-2-1-7-14(15)13-23-18)21-12-6-4-10-17(21)16-9-3-5-11-20-16/h3,5,9,11,13,17H,1-2,4,6-8,10,12H2/t17-/m1/s1. The zero-order valence-corrected chi connectivity index (χ0v) is 14.1. The molecule has 3 heterocycles. The average Bonchev–Trinajstić information content (AvgIpc) is 3.06. The summed E-state index contributed by atoms with van der Waals surface area (Å²) in [7, 11) is 0. The molecule has 0 radical (unpaired) electrons. The van der Waals surface area contributed by atoms with Gasteiger partial charge < -0.3 is 4.90 Å². The summed E-state index contributed by atoms with van der Waals surface area (Å²) in [5, 5.41) is 2.21. The highest BCUT2D eigenvalue weighted by atomic mass is 32.1. The molecule has 0 saturated carbocycles. The first-order valence-electron chi connectivity index (χ1n) is 8.66. The molecule has 1 fully saturated rings. The third kappa shape index (κ3) is 2.80. The zero-order chi connectivity index (χ0) is 15.6. The Balaban J connectivity index is 1.64. The summed E-state index contributed by atoms with van der Waals surface area (Å²) in [5.41, 5.74) is 3.78. The summed E-state index contributed by atoms with van der Waals surface area (Å²) in [6.07, 6.45) is 9.82. The molecule has 1 saturated heterocycles. The van der Waals surface area contributed by atoms with Gasteiger partial charge in [-0.3, -0.25) is 9.78 Å². The van der Waals surface area contributed by atoms with Crippen LogP contribution in [0, 0.1) is 0 Å². The van der Waals surface area contributed by atoms with Gasteiger partial charge in [0.05, 0.1) is 16.6 Å². The molecule has 1 aliphatic heterocycles. The number of rotatable bonds is 2. The summed E-state index contributed by atoms with van der Waals surface area (Å²) in [6.45, 7) is 0.854. The second-order valence-corrected chi connectivity index (χ2v) is 7.42. The van der Waals surface area contributed by atoms with Crippen molar-refractivity contribution in [1.29, 1.82) is 0 Å². The quantitative estimate of drug-likeness (QED) is 0.820. The fourth-order valence-electron chi connectivity index (χ4n) is 3.88. The molecule has 4 rings (SSSR count). The third-order valence-electron chi connectivity index (χ3n) is 5.09. The molecular weight excluding hydrogens is 304 g/mol. The Morgan fingerprint density at radius 1 is 1.17 bits per heavy atom. The number of aromatic nitrogens is 1. The Morgan fingerprint density at radius 2 is 2.09 bits per heavy atom. The molecule has 4 heteroatoms. The van der Waals surface area contributed by atoms with Crippen LogP contribution in [0.4, 0.5) is 0 Å². The van der Waals surface area contributed by atoms with Gasteiger partial charge in [0.2, 0.25) is 0 Å². The number of fused-ring (bicyclic) bond motifs is 1. The highest BCUT2D eigenvalue weighted by molar-refractivity contribution is 7.12. The monoisotopic (exact) mass is 326 g/mol. The van der Waals surface area contributed by atoms with Gasteiger partial charge in [-0.1, -0.05) is 6.07 Å². The van der Waals surface area contributed by atoms with E-state index < -0.39 is 0 Å². The van der Waals surface area contributed by atoms with Gasteiger partial charge in [0, 0.05) is 12.7 Å². The summed E-state index contributed by atoms with van der Waals surface area (Å²) in [5.74, 6) is 0.230. The molecule has 3 nitrogen and oxygen atoms in total. The van der Waals surface area contributed by atoms with Crippen molar-refractivity contribution in [2.45, 2.75) is 51.0 Å². The van der Waals surface area contributed by atoms with Crippen LogP contribution in [0.15, 0.2) is 29.8 Å². The number of likely N-dealkylation sites (tertiary alicyclic amines) is 1. The number of amides is 1. The minimum Gasteiger partial charge on any atom is -0.329 e. The molecule has 23 heavy (non-hydrogen) atoms. The molecule has 2 aromatic rings.